The van der Waals surface area contributed by atoms with Gasteiger partial charge in [-0.2, -0.15) is 0 Å². The molecule has 1 saturated carbocycles. The van der Waals surface area contributed by atoms with E-state index in [1.807, 2.05) is 0 Å². The molecule has 0 aliphatic heterocycles. The standard InChI is InChI=1S/C12H23NO2/c1-3-13(8-10(2)12(14)15)9-11-6-4-5-7-11/h10-11H,3-9H2,1-2H3,(H,14,15). The maximum Gasteiger partial charge on any atom is 0.307 e. The largest absolute Gasteiger partial charge is 0.481 e. The predicted octanol–water partition coefficient (Wildman–Crippen LogP) is 2.22. The van der Waals surface area contributed by atoms with E-state index in [2.05, 4.69) is 11.8 Å². The molecular weight excluding hydrogens is 190 g/mol. The van der Waals surface area contributed by atoms with Crippen LogP contribution in [0.1, 0.15) is 39.5 Å². The number of nitrogens with zero attached hydrogens (tertiary/aromatic N) is 1. The van der Waals surface area contributed by atoms with Gasteiger partial charge in [-0.15, -0.1) is 0 Å². The molecule has 1 aliphatic rings. The van der Waals surface area contributed by atoms with Crippen LogP contribution in [-0.4, -0.2) is 35.6 Å². The average molecular weight is 213 g/mol. The van der Waals surface area contributed by atoms with Crippen LogP contribution in [0.5, 0.6) is 0 Å². The van der Waals surface area contributed by atoms with E-state index in [4.69, 9.17) is 5.11 Å². The highest BCUT2D eigenvalue weighted by Crippen LogP contribution is 2.25. The lowest BCUT2D eigenvalue weighted by Gasteiger charge is -2.25. The third kappa shape index (κ3) is 4.20. The van der Waals surface area contributed by atoms with Crippen molar-refractivity contribution in [2.24, 2.45) is 11.8 Å². The van der Waals surface area contributed by atoms with E-state index in [0.717, 1.165) is 19.0 Å². The first kappa shape index (κ1) is 12.5. The molecule has 0 aromatic carbocycles. The molecule has 0 saturated heterocycles. The van der Waals surface area contributed by atoms with Crippen molar-refractivity contribution >= 4 is 5.97 Å². The number of hydrogen-bond acceptors (Lipinski definition) is 2. The molecule has 1 aliphatic carbocycles. The van der Waals surface area contributed by atoms with Gasteiger partial charge in [-0.25, -0.2) is 0 Å². The molecule has 3 heteroatoms. The number of hydrogen-bond donors (Lipinski definition) is 1. The lowest BCUT2D eigenvalue weighted by atomic mass is 10.1. The Morgan fingerprint density at radius 1 is 1.47 bits per heavy atom. The summed E-state index contributed by atoms with van der Waals surface area (Å²) in [6.07, 6.45) is 5.38. The Morgan fingerprint density at radius 3 is 2.53 bits per heavy atom. The van der Waals surface area contributed by atoms with Crippen LogP contribution in [0.3, 0.4) is 0 Å². The van der Waals surface area contributed by atoms with Crippen molar-refractivity contribution in [2.45, 2.75) is 39.5 Å². The van der Waals surface area contributed by atoms with Gasteiger partial charge >= 0.3 is 5.97 Å². The van der Waals surface area contributed by atoms with E-state index in [9.17, 15) is 4.79 Å². The van der Waals surface area contributed by atoms with Gasteiger partial charge in [0.05, 0.1) is 5.92 Å². The molecular formula is C12H23NO2. The summed E-state index contributed by atoms with van der Waals surface area (Å²) < 4.78 is 0. The molecule has 1 atom stereocenters. The van der Waals surface area contributed by atoms with Gasteiger partial charge in [-0.3, -0.25) is 4.79 Å². The highest BCUT2D eigenvalue weighted by atomic mass is 16.4. The highest BCUT2D eigenvalue weighted by molar-refractivity contribution is 5.69. The van der Waals surface area contributed by atoms with Gasteiger partial charge in [0.15, 0.2) is 0 Å². The van der Waals surface area contributed by atoms with Crippen molar-refractivity contribution in [3.05, 3.63) is 0 Å². The summed E-state index contributed by atoms with van der Waals surface area (Å²) in [6.45, 7) is 6.66. The first-order valence-corrected chi connectivity index (χ1v) is 6.08. The summed E-state index contributed by atoms with van der Waals surface area (Å²) in [5.41, 5.74) is 0. The monoisotopic (exact) mass is 213 g/mol. The molecule has 0 amide bonds. The molecule has 15 heavy (non-hydrogen) atoms. The third-order valence-corrected chi connectivity index (χ3v) is 3.39. The normalized spacial score (nSPS) is 19.7. The van der Waals surface area contributed by atoms with Crippen molar-refractivity contribution in [2.75, 3.05) is 19.6 Å². The van der Waals surface area contributed by atoms with Crippen LogP contribution in [0.4, 0.5) is 0 Å². The molecule has 1 N–H and O–H groups in total. The zero-order valence-electron chi connectivity index (χ0n) is 9.91. The van der Waals surface area contributed by atoms with E-state index in [-0.39, 0.29) is 5.92 Å². The summed E-state index contributed by atoms with van der Waals surface area (Å²) in [5, 5.41) is 8.86. The minimum absolute atomic E-state index is 0.244. The summed E-state index contributed by atoms with van der Waals surface area (Å²) in [7, 11) is 0. The Hall–Kier alpha value is -0.570. The SMILES string of the molecule is CCN(CC1CCCC1)CC(C)C(=O)O. The molecule has 1 unspecified atom stereocenters. The van der Waals surface area contributed by atoms with Crippen LogP contribution < -0.4 is 0 Å². The van der Waals surface area contributed by atoms with Crippen LogP contribution in [0.2, 0.25) is 0 Å². The average Bonchev–Trinajstić information content (AvgIpc) is 2.69. The number of rotatable bonds is 6. The number of carboxylic acid groups (broad SMARTS) is 1. The first-order chi connectivity index (χ1) is 7.13. The highest BCUT2D eigenvalue weighted by Gasteiger charge is 2.20. The van der Waals surface area contributed by atoms with Gasteiger partial charge in [0.1, 0.15) is 0 Å². The second-order valence-corrected chi connectivity index (χ2v) is 4.74. The quantitative estimate of drug-likeness (QED) is 0.735. The van der Waals surface area contributed by atoms with E-state index >= 15 is 0 Å². The summed E-state index contributed by atoms with van der Waals surface area (Å²) >= 11 is 0. The molecule has 3 nitrogen and oxygen atoms in total. The van der Waals surface area contributed by atoms with Crippen molar-refractivity contribution in [3.63, 3.8) is 0 Å². The smallest absolute Gasteiger partial charge is 0.307 e. The van der Waals surface area contributed by atoms with Gasteiger partial charge in [-0.05, 0) is 25.3 Å². The van der Waals surface area contributed by atoms with E-state index in [1.54, 1.807) is 6.92 Å². The van der Waals surface area contributed by atoms with Gasteiger partial charge in [0.25, 0.3) is 0 Å². The molecule has 1 rings (SSSR count). The minimum Gasteiger partial charge on any atom is -0.481 e. The molecule has 1 fully saturated rings. The van der Waals surface area contributed by atoms with Crippen molar-refractivity contribution in [3.8, 4) is 0 Å². The fraction of sp³-hybridized carbons (Fsp3) is 0.917. The van der Waals surface area contributed by atoms with E-state index < -0.39 is 5.97 Å². The summed E-state index contributed by atoms with van der Waals surface area (Å²) in [5.74, 6) is -0.114. The third-order valence-electron chi connectivity index (χ3n) is 3.39. The topological polar surface area (TPSA) is 40.5 Å². The van der Waals surface area contributed by atoms with Gasteiger partial charge in [0, 0.05) is 13.1 Å². The molecule has 0 radical (unpaired) electrons. The number of carbonyl (C=O) groups is 1. The molecule has 0 bridgehead atoms. The lowest BCUT2D eigenvalue weighted by molar-refractivity contribution is -0.141. The Bertz CT molecular complexity index is 200. The summed E-state index contributed by atoms with van der Waals surface area (Å²) in [6, 6.07) is 0. The zero-order valence-corrected chi connectivity index (χ0v) is 9.91. The molecule has 88 valence electrons. The van der Waals surface area contributed by atoms with Gasteiger partial charge in [-0.1, -0.05) is 26.7 Å². The first-order valence-electron chi connectivity index (χ1n) is 6.08. The van der Waals surface area contributed by atoms with Gasteiger partial charge < -0.3 is 10.0 Å². The number of aliphatic carboxylic acids is 1. The molecule has 0 spiro atoms. The van der Waals surface area contributed by atoms with Gasteiger partial charge in [0.2, 0.25) is 0 Å². The maximum absolute atomic E-state index is 10.8. The van der Waals surface area contributed by atoms with Crippen molar-refractivity contribution in [1.82, 2.24) is 4.90 Å². The van der Waals surface area contributed by atoms with Crippen LogP contribution in [0.15, 0.2) is 0 Å². The Labute approximate surface area is 92.5 Å². The fourth-order valence-corrected chi connectivity index (χ4v) is 2.36. The maximum atomic E-state index is 10.8. The molecule has 0 aromatic heterocycles. The predicted molar refractivity (Wildman–Crippen MR) is 60.9 cm³/mol. The lowest BCUT2D eigenvalue weighted by Crippen LogP contribution is -2.34. The Morgan fingerprint density at radius 2 is 2.07 bits per heavy atom. The van der Waals surface area contributed by atoms with Crippen LogP contribution in [0.25, 0.3) is 0 Å². The van der Waals surface area contributed by atoms with Crippen LogP contribution >= 0.6 is 0 Å². The van der Waals surface area contributed by atoms with Crippen LogP contribution in [-0.2, 0) is 4.79 Å². The Kier molecular flexibility index (Phi) is 5.09. The second kappa shape index (κ2) is 6.11. The number of carboxylic acids is 1. The van der Waals surface area contributed by atoms with Crippen molar-refractivity contribution < 1.29 is 9.90 Å². The second-order valence-electron chi connectivity index (χ2n) is 4.74. The fourth-order valence-electron chi connectivity index (χ4n) is 2.36. The van der Waals surface area contributed by atoms with Crippen LogP contribution in [0, 0.1) is 11.8 Å². The zero-order chi connectivity index (χ0) is 11.3. The molecule has 0 aromatic rings. The Balaban J connectivity index is 2.31. The van der Waals surface area contributed by atoms with Crippen molar-refractivity contribution in [1.29, 1.82) is 0 Å². The molecule has 0 heterocycles. The van der Waals surface area contributed by atoms with E-state index in [0.29, 0.717) is 6.54 Å². The minimum atomic E-state index is -0.681. The summed E-state index contributed by atoms with van der Waals surface area (Å²) in [4.78, 5) is 13.0. The van der Waals surface area contributed by atoms with E-state index in [1.165, 1.54) is 25.7 Å².